The van der Waals surface area contributed by atoms with Gasteiger partial charge in [-0.2, -0.15) is 0 Å². The maximum Gasteiger partial charge on any atom is 0.412 e. The van der Waals surface area contributed by atoms with Gasteiger partial charge in [0.1, 0.15) is 24.1 Å². The summed E-state index contributed by atoms with van der Waals surface area (Å²) in [5.74, 6) is -0.425. The number of hydrogen-bond acceptors (Lipinski definition) is 12. The highest BCUT2D eigenvalue weighted by atomic mass is 16.7. The van der Waals surface area contributed by atoms with E-state index in [1.807, 2.05) is 61.5 Å². The standard InChI is InChI=1S/C50H61N3O11/c1-4-7-26-58-49(57)53(32-35-19-21-43-44(27-35)60-33-59-43)45-30-41(52-62-6-3)39-28-36(17-11-13-23-54)38(18-12-14-24-55)46-40-29-37(63-48(56)51-31-34-15-9-8-10-16-34)20-22-42(40)64-50(45,47(39)46)61-25-5-2/h4-5,8-10,15-16,19-22,27-29,36,38,45-47,54-55H,1-2,6-7,11-14,17-18,23-26,30-33H2,3H3,(H,51,56). The van der Waals surface area contributed by atoms with Crippen molar-refractivity contribution < 1.29 is 53.1 Å². The molecule has 14 heteroatoms. The molecule has 2 aliphatic carbocycles. The van der Waals surface area contributed by atoms with Crippen LogP contribution in [0, 0.1) is 17.8 Å². The number of hydrogen-bond donors (Lipinski definition) is 3. The molecular weight excluding hydrogens is 819 g/mol. The van der Waals surface area contributed by atoms with E-state index in [1.165, 1.54) is 0 Å². The number of fused-ring (bicyclic) bond motifs is 3. The minimum Gasteiger partial charge on any atom is -0.459 e. The highest BCUT2D eigenvalue weighted by Crippen LogP contribution is 2.62. The summed E-state index contributed by atoms with van der Waals surface area (Å²) in [6, 6.07) is 19.7. The molecule has 6 atom stereocenters. The van der Waals surface area contributed by atoms with Gasteiger partial charge >= 0.3 is 12.2 Å². The number of oxime groups is 1. The summed E-state index contributed by atoms with van der Waals surface area (Å²) in [5, 5.41) is 27.5. The summed E-state index contributed by atoms with van der Waals surface area (Å²) < 4.78 is 37.7. The third kappa shape index (κ3) is 10.4. The number of carbonyl (C=O) groups is 2. The highest BCUT2D eigenvalue weighted by molar-refractivity contribution is 6.03. The Morgan fingerprint density at radius 1 is 0.938 bits per heavy atom. The Bertz CT molecular complexity index is 2140. The first-order chi connectivity index (χ1) is 31.3. The smallest absolute Gasteiger partial charge is 0.412 e. The molecule has 2 amide bonds. The Morgan fingerprint density at radius 3 is 2.48 bits per heavy atom. The number of carbonyl (C=O) groups excluding carboxylic acids is 2. The molecule has 2 heterocycles. The van der Waals surface area contributed by atoms with Crippen LogP contribution in [-0.2, 0) is 27.4 Å². The molecule has 3 N–H and O–H groups in total. The van der Waals surface area contributed by atoms with Crippen molar-refractivity contribution in [3.8, 4) is 23.0 Å². The molecule has 3 aromatic carbocycles. The molecule has 0 aromatic heterocycles. The van der Waals surface area contributed by atoms with Crippen molar-refractivity contribution in [3.05, 3.63) is 120 Å². The van der Waals surface area contributed by atoms with Gasteiger partial charge in [0.2, 0.25) is 12.6 Å². The monoisotopic (exact) mass is 879 g/mol. The first kappa shape index (κ1) is 46.2. The van der Waals surface area contributed by atoms with E-state index in [4.69, 9.17) is 38.4 Å². The zero-order valence-corrected chi connectivity index (χ0v) is 36.7. The van der Waals surface area contributed by atoms with Crippen molar-refractivity contribution in [2.75, 3.05) is 39.8 Å². The van der Waals surface area contributed by atoms with Crippen LogP contribution < -0.4 is 24.3 Å². The second-order valence-electron chi connectivity index (χ2n) is 16.4. The van der Waals surface area contributed by atoms with E-state index in [9.17, 15) is 19.8 Å². The van der Waals surface area contributed by atoms with Gasteiger partial charge in [-0.1, -0.05) is 72.6 Å². The van der Waals surface area contributed by atoms with Crippen LogP contribution in [0.5, 0.6) is 23.0 Å². The number of amides is 2. The second kappa shape index (κ2) is 22.2. The van der Waals surface area contributed by atoms with Crippen LogP contribution in [0.3, 0.4) is 0 Å². The summed E-state index contributed by atoms with van der Waals surface area (Å²) in [4.78, 5) is 35.5. The lowest BCUT2D eigenvalue weighted by atomic mass is 9.55. The van der Waals surface area contributed by atoms with Gasteiger partial charge in [-0.15, -0.1) is 13.2 Å². The maximum atomic E-state index is 14.7. The van der Waals surface area contributed by atoms with E-state index >= 15 is 0 Å². The number of ether oxygens (including phenoxy) is 6. The quantitative estimate of drug-likeness (QED) is 0.0503. The van der Waals surface area contributed by atoms with Crippen molar-refractivity contribution in [1.82, 2.24) is 10.2 Å². The van der Waals surface area contributed by atoms with Gasteiger partial charge in [0.25, 0.3) is 0 Å². The average Bonchev–Trinajstić information content (AvgIpc) is 3.79. The van der Waals surface area contributed by atoms with Crippen LogP contribution in [0.25, 0.3) is 0 Å². The Morgan fingerprint density at radius 2 is 1.72 bits per heavy atom. The van der Waals surface area contributed by atoms with Gasteiger partial charge in [0.05, 0.1) is 24.8 Å². The van der Waals surface area contributed by atoms with E-state index in [0.29, 0.717) is 61.1 Å². The van der Waals surface area contributed by atoms with Crippen LogP contribution in [0.2, 0.25) is 0 Å². The van der Waals surface area contributed by atoms with Crippen LogP contribution in [0.15, 0.2) is 109 Å². The molecule has 14 nitrogen and oxygen atoms in total. The Balaban J connectivity index is 1.39. The van der Waals surface area contributed by atoms with Crippen molar-refractivity contribution in [1.29, 1.82) is 0 Å². The molecule has 0 spiro atoms. The second-order valence-corrected chi connectivity index (χ2v) is 16.4. The maximum absolute atomic E-state index is 14.7. The number of nitrogens with zero attached hydrogens (tertiary/aromatic N) is 2. The summed E-state index contributed by atoms with van der Waals surface area (Å²) in [6.07, 6.45) is 9.39. The van der Waals surface area contributed by atoms with E-state index in [-0.39, 0.29) is 63.9 Å². The fraction of sp³-hybridized carbons (Fsp3) is 0.460. The number of allylic oxidation sites excluding steroid dienone is 1. The van der Waals surface area contributed by atoms with Crippen molar-refractivity contribution in [2.45, 2.75) is 89.1 Å². The predicted octanol–water partition coefficient (Wildman–Crippen LogP) is 8.57. The molecule has 342 valence electrons. The predicted molar refractivity (Wildman–Crippen MR) is 240 cm³/mol. The Hall–Kier alpha value is -5.83. The lowest BCUT2D eigenvalue weighted by Gasteiger charge is -2.59. The highest BCUT2D eigenvalue weighted by Gasteiger charge is 2.65. The third-order valence-corrected chi connectivity index (χ3v) is 12.4. The summed E-state index contributed by atoms with van der Waals surface area (Å²) in [7, 11) is 0. The van der Waals surface area contributed by atoms with Crippen molar-refractivity contribution >= 4 is 17.9 Å². The van der Waals surface area contributed by atoms with E-state index in [2.05, 4.69) is 24.6 Å². The molecule has 2 aliphatic heterocycles. The molecular formula is C50H61N3O11. The van der Waals surface area contributed by atoms with Crippen molar-refractivity contribution in [2.24, 2.45) is 22.9 Å². The molecule has 3 aromatic rings. The number of rotatable bonds is 22. The summed E-state index contributed by atoms with van der Waals surface area (Å²) in [6.45, 7) is 10.8. The molecule has 6 unspecified atom stereocenters. The van der Waals surface area contributed by atoms with E-state index in [0.717, 1.165) is 47.9 Å². The van der Waals surface area contributed by atoms with Gasteiger partial charge in [0, 0.05) is 44.2 Å². The molecule has 64 heavy (non-hydrogen) atoms. The van der Waals surface area contributed by atoms with Crippen LogP contribution in [0.1, 0.15) is 80.9 Å². The summed E-state index contributed by atoms with van der Waals surface area (Å²) >= 11 is 0. The van der Waals surface area contributed by atoms with Gasteiger partial charge < -0.3 is 48.8 Å². The number of aliphatic hydroxyl groups excluding tert-OH is 2. The number of nitrogens with one attached hydrogen (secondary N) is 1. The molecule has 7 rings (SSSR count). The number of benzene rings is 3. The molecule has 0 radical (unpaired) electrons. The first-order valence-corrected chi connectivity index (χ1v) is 22.5. The number of aliphatic hydroxyl groups is 2. The first-order valence-electron chi connectivity index (χ1n) is 22.5. The topological polar surface area (TPSA) is 167 Å². The Labute approximate surface area is 375 Å². The SMILES string of the molecule is C=CCCOC(=O)N(Cc1ccc2c(c1)OCO2)C1CC(=NOCC)C2=CC(CCCCO)C(CCCCO)C3c4cc(OC(=O)NCc5ccccc5)ccc4OC1(OCC=C)C23. The van der Waals surface area contributed by atoms with E-state index < -0.39 is 29.9 Å². The van der Waals surface area contributed by atoms with Gasteiger partial charge in [-0.05, 0) is 97.9 Å². The molecule has 0 saturated heterocycles. The largest absolute Gasteiger partial charge is 0.459 e. The molecule has 4 aliphatic rings. The lowest BCUT2D eigenvalue weighted by Crippen LogP contribution is -2.70. The minimum atomic E-state index is -1.53. The molecule has 1 fully saturated rings. The van der Waals surface area contributed by atoms with Gasteiger partial charge in [-0.3, -0.25) is 4.90 Å². The molecule has 1 saturated carbocycles. The van der Waals surface area contributed by atoms with Crippen LogP contribution >= 0.6 is 0 Å². The summed E-state index contributed by atoms with van der Waals surface area (Å²) in [5.41, 5.74) is 4.04. The fourth-order valence-corrected chi connectivity index (χ4v) is 9.62. The lowest BCUT2D eigenvalue weighted by molar-refractivity contribution is -0.256. The van der Waals surface area contributed by atoms with Crippen LogP contribution in [-0.4, -0.2) is 84.7 Å². The molecule has 0 bridgehead atoms. The fourth-order valence-electron chi connectivity index (χ4n) is 9.62. The average molecular weight is 880 g/mol. The number of unbranched alkanes of at least 4 members (excludes halogenated alkanes) is 2. The minimum absolute atomic E-state index is 0.0141. The Kier molecular flexibility index (Phi) is 16.0. The van der Waals surface area contributed by atoms with Gasteiger partial charge in [0.15, 0.2) is 11.5 Å². The zero-order chi connectivity index (χ0) is 44.9. The van der Waals surface area contributed by atoms with Crippen molar-refractivity contribution in [3.63, 3.8) is 0 Å². The van der Waals surface area contributed by atoms with E-state index in [1.54, 1.807) is 29.2 Å². The third-order valence-electron chi connectivity index (χ3n) is 12.4. The van der Waals surface area contributed by atoms with Crippen LogP contribution in [0.4, 0.5) is 9.59 Å². The normalized spacial score (nSPS) is 23.1. The van der Waals surface area contributed by atoms with Gasteiger partial charge in [-0.25, -0.2) is 9.59 Å². The zero-order valence-electron chi connectivity index (χ0n) is 36.7.